The van der Waals surface area contributed by atoms with E-state index in [1.54, 1.807) is 0 Å². The van der Waals surface area contributed by atoms with Crippen LogP contribution in [0.1, 0.15) is 324 Å². The SMILES string of the molecule is C[C@@H]1CC[C@H]2[C@@H](C)C(CCOC(=O)CC(CC(=O)OCCC3O[C@@H]4O[C@]5(C)CC[C@H]6[C@H](C)CC[C@@H]([C@H]3C)[C@@]46OO5)C(=O)OCCC3O[C@@H]4O[C@]5(C)CC[C@H]6[C@H](C)CC[C@@H]([C@H]3C)[C@@]46OO5)O[C@@H]3O[C@]4(C)CC[C@@H]1[C@]32OO4.C[C@@H]1CC[C@H]2[C@@H](C)C(OC(=O)CC(CC(=O)OC3O[C@@H]4O[C@]5(C)CC[C@H]6[C@H](C)CC[C@@H]([C@H]3C)[C@@]46OO5)C(=O)OC3O[C@@H]4O[C@]5(C)CC[C@H]6[C@H](C)CC[C@@H]([C@H]3C)[C@@]46OO5)O[C@@H]3O[C@]4(C)CC[C@@H]1[C@]32OO4. The maximum absolute atomic E-state index is 14.8. The third kappa shape index (κ3) is 16.8. The normalized spacial score (nSPS) is 54.1. The van der Waals surface area contributed by atoms with Crippen LogP contribution in [0.3, 0.4) is 0 Å². The van der Waals surface area contributed by atoms with Gasteiger partial charge in [-0.05, 0) is 246 Å². The van der Waals surface area contributed by atoms with Gasteiger partial charge >= 0.3 is 35.8 Å². The quantitative estimate of drug-likeness (QED) is 0.0552. The van der Waals surface area contributed by atoms with Gasteiger partial charge in [-0.1, -0.05) is 83.1 Å². The molecular weight excluding hydrogens is 1870 g/mol. The van der Waals surface area contributed by atoms with Crippen LogP contribution in [0.25, 0.3) is 0 Å². The molecule has 6 unspecified atom stereocenters. The first kappa shape index (κ1) is 103. The molecule has 24 heterocycles. The smallest absolute Gasteiger partial charge is 0.312 e. The first-order valence-corrected chi connectivity index (χ1v) is 55.9. The van der Waals surface area contributed by atoms with Gasteiger partial charge in [-0.3, -0.25) is 28.8 Å². The van der Waals surface area contributed by atoms with Gasteiger partial charge in [-0.25, -0.2) is 58.7 Å². The van der Waals surface area contributed by atoms with Crippen LogP contribution in [0.15, 0.2) is 0 Å². The van der Waals surface area contributed by atoms with Crippen molar-refractivity contribution in [3.05, 3.63) is 0 Å². The molecule has 30 aliphatic rings. The summed E-state index contributed by atoms with van der Waals surface area (Å²) in [6.45, 7) is 37.4. The van der Waals surface area contributed by atoms with Crippen molar-refractivity contribution < 1.29 is 173 Å². The average molecular weight is 2030 g/mol. The fraction of sp³-hybridized carbons (Fsp3) is 0.944. The highest BCUT2D eigenvalue weighted by molar-refractivity contribution is 5.85. The van der Waals surface area contributed by atoms with Gasteiger partial charge in [0.2, 0.25) is 53.6 Å². The van der Waals surface area contributed by atoms with E-state index in [0.29, 0.717) is 80.5 Å². The van der Waals surface area contributed by atoms with Gasteiger partial charge in [-0.2, -0.15) is 0 Å². The van der Waals surface area contributed by atoms with E-state index in [0.717, 1.165) is 128 Å². The molecule has 6 saturated carbocycles. The van der Waals surface area contributed by atoms with E-state index in [-0.39, 0.29) is 157 Å². The van der Waals surface area contributed by atoms with Crippen molar-refractivity contribution in [1.82, 2.24) is 0 Å². The summed E-state index contributed by atoms with van der Waals surface area (Å²) in [6.07, 6.45) is 11.8. The molecule has 24 saturated heterocycles. The number of carbonyl (C=O) groups is 6. The molecule has 48 atom stereocenters. The molecule has 36 heteroatoms. The molecule has 144 heavy (non-hydrogen) atoms. The summed E-state index contributed by atoms with van der Waals surface area (Å²) in [4.78, 5) is 159. The summed E-state index contributed by atoms with van der Waals surface area (Å²) in [7, 11) is 0. The third-order valence-electron chi connectivity index (χ3n) is 42.2. The van der Waals surface area contributed by atoms with Crippen molar-refractivity contribution in [2.75, 3.05) is 19.8 Å². The highest BCUT2D eigenvalue weighted by Gasteiger charge is 2.78. The Morgan fingerprint density at radius 2 is 0.451 bits per heavy atom. The van der Waals surface area contributed by atoms with E-state index >= 15 is 0 Å². The number of hydrogen-bond acceptors (Lipinski definition) is 36. The minimum absolute atomic E-state index is 0.0157. The minimum atomic E-state index is -1.34. The van der Waals surface area contributed by atoms with Crippen LogP contribution < -0.4 is 0 Å². The lowest BCUT2D eigenvalue weighted by atomic mass is 9.57. The Kier molecular flexibility index (Phi) is 27.1. The van der Waals surface area contributed by atoms with Crippen molar-refractivity contribution in [3.63, 3.8) is 0 Å². The average Bonchev–Trinajstić information content (AvgIpc) is 1.47. The fourth-order valence-corrected chi connectivity index (χ4v) is 33.9. The summed E-state index contributed by atoms with van der Waals surface area (Å²) in [6, 6.07) is 0. The van der Waals surface area contributed by atoms with Gasteiger partial charge in [-0.15, -0.1) is 0 Å². The molecule has 6 aliphatic carbocycles. The van der Waals surface area contributed by atoms with E-state index in [1.165, 1.54) is 0 Å². The van der Waals surface area contributed by atoms with Gasteiger partial charge in [0.05, 0.1) is 75.7 Å². The maximum atomic E-state index is 14.8. The second-order valence-electron chi connectivity index (χ2n) is 50.8. The van der Waals surface area contributed by atoms with Crippen LogP contribution in [0.2, 0.25) is 0 Å². The fourth-order valence-electron chi connectivity index (χ4n) is 33.9. The Bertz CT molecular complexity index is 4570. The second kappa shape index (κ2) is 37.9. The molecule has 12 bridgehead atoms. The Morgan fingerprint density at radius 1 is 0.236 bits per heavy atom. The van der Waals surface area contributed by atoms with Gasteiger partial charge in [0.1, 0.15) is 0 Å². The molecule has 24 aliphatic heterocycles. The lowest BCUT2D eigenvalue weighted by molar-refractivity contribution is -0.576. The van der Waals surface area contributed by atoms with Crippen molar-refractivity contribution >= 4 is 35.8 Å². The van der Waals surface area contributed by atoms with E-state index in [1.807, 2.05) is 62.3 Å². The number of hydrogen-bond donors (Lipinski definition) is 0. The molecule has 30 rings (SSSR count). The van der Waals surface area contributed by atoms with Crippen LogP contribution in [-0.4, -0.2) is 199 Å². The van der Waals surface area contributed by atoms with Gasteiger partial charge < -0.3 is 85.3 Å². The molecule has 0 amide bonds. The molecule has 808 valence electrons. The van der Waals surface area contributed by atoms with E-state index in [2.05, 4.69) is 62.3 Å². The zero-order valence-corrected chi connectivity index (χ0v) is 87.7. The van der Waals surface area contributed by atoms with E-state index < -0.39 is 185 Å². The first-order chi connectivity index (χ1) is 68.6. The van der Waals surface area contributed by atoms with Crippen LogP contribution in [0.5, 0.6) is 0 Å². The van der Waals surface area contributed by atoms with Crippen molar-refractivity contribution in [1.29, 1.82) is 0 Å². The Hall–Kier alpha value is -4.14. The monoisotopic (exact) mass is 2030 g/mol. The van der Waals surface area contributed by atoms with Crippen LogP contribution >= 0.6 is 0 Å². The first-order valence-electron chi connectivity index (χ1n) is 55.9. The second-order valence-corrected chi connectivity index (χ2v) is 50.8. The minimum Gasteiger partial charge on any atom is -0.466 e. The maximum Gasteiger partial charge on any atom is 0.312 e. The van der Waals surface area contributed by atoms with Crippen LogP contribution in [-0.2, 0) is 173 Å². The largest absolute Gasteiger partial charge is 0.466 e. The highest BCUT2D eigenvalue weighted by Crippen LogP contribution is 2.70. The number of carbonyl (C=O) groups excluding carboxylic acids is 6. The predicted molar refractivity (Wildman–Crippen MR) is 491 cm³/mol. The predicted octanol–water partition coefficient (Wildman–Crippen LogP) is 16.6. The zero-order chi connectivity index (χ0) is 101. The van der Waals surface area contributed by atoms with Crippen molar-refractivity contribution in [2.45, 2.75) is 467 Å². The molecule has 0 radical (unpaired) electrons. The highest BCUT2D eigenvalue weighted by atomic mass is 17.3. The Balaban J connectivity index is 0.000000160. The Morgan fingerprint density at radius 3 is 0.708 bits per heavy atom. The number of fused-ring (bicyclic) bond motifs is 12. The van der Waals surface area contributed by atoms with Gasteiger partial charge in [0.15, 0.2) is 71.3 Å². The number of rotatable bonds is 22. The molecule has 0 N–H and O–H groups in total. The molecular formula is C108H160O36. The van der Waals surface area contributed by atoms with Gasteiger partial charge in [0, 0.05) is 111 Å². The number of ether oxygens (including phenoxy) is 18. The van der Waals surface area contributed by atoms with E-state index in [9.17, 15) is 28.8 Å². The Labute approximate surface area is 845 Å². The molecule has 0 aromatic carbocycles. The molecule has 0 aromatic heterocycles. The molecule has 0 aromatic rings. The van der Waals surface area contributed by atoms with Crippen molar-refractivity contribution in [2.24, 2.45) is 154 Å². The third-order valence-corrected chi connectivity index (χ3v) is 42.2. The summed E-state index contributed by atoms with van der Waals surface area (Å²) in [5, 5.41) is 0. The lowest BCUT2D eigenvalue weighted by Crippen LogP contribution is -2.70. The molecule has 36 nitrogen and oxygen atoms in total. The summed E-state index contributed by atoms with van der Waals surface area (Å²) >= 11 is 0. The van der Waals surface area contributed by atoms with Gasteiger partial charge in [0.25, 0.3) is 0 Å². The molecule has 6 spiro atoms. The standard InChI is InChI=1S/C57H86O18.C51H74O18/c1-30-10-13-40-33(4)43(64-49-55(40)37(30)16-22-52(7,67-49)70-73-55)19-25-61-46(58)28-36(48(60)63-27-21-45-35(6)42-15-12-32(3)39-18-24-54(9)69-51(66-45)57(39,42)75-72-54)29-47(59)62-26-20-44-34(5)41-14-11-31(2)38-17-23-53(8)68-50(65-44)56(38,41)74-71-53;1-24-10-13-34-27(4)40(58-43-49(34)31(24)16-19-46(7,61-43)64-67-49)55-37(52)22-30(39(54)57-42-29(6)36-15-12-26(3)33-18-21-48(9)63-45(60-42)51(33,36)69-66-48)23-38(53)56-41-28(5)35-14-11-25(2)32-17-20-47(8)62-44(59-41)50(32,35)68-65-47/h30-45,49-51H,10-29H2,1-9H3;24-36,40-45H,10-23H2,1-9H3/t30-,31-,32-,33-,34-,35-,36?,37+,38+,39+,40+,41+,42+,43?,44?,45?,49-,50-,51-,52+,53+,54+,55-,56-,57-;24-,25-,26-,27-,28-,29-,30?,31+,32+,33+,34+,35+,36+,40?,41?,42?,43-,44-,45-,46+,47+,48+,49-,50-,51-/m11/s1. The zero-order valence-electron chi connectivity index (χ0n) is 87.7. The van der Waals surface area contributed by atoms with E-state index in [4.69, 9.17) is 144 Å². The summed E-state index contributed by atoms with van der Waals surface area (Å²) in [5.74, 6) is -9.80. The summed E-state index contributed by atoms with van der Waals surface area (Å²) in [5.41, 5.74) is -4.70. The van der Waals surface area contributed by atoms with Crippen LogP contribution in [0, 0.1) is 154 Å². The topological polar surface area (TPSA) is 379 Å². The van der Waals surface area contributed by atoms with Crippen LogP contribution in [0.4, 0.5) is 0 Å². The van der Waals surface area contributed by atoms with Crippen molar-refractivity contribution in [3.8, 4) is 0 Å². The summed E-state index contributed by atoms with van der Waals surface area (Å²) < 4.78 is 116. The lowest BCUT2D eigenvalue weighted by Gasteiger charge is -2.60. The number of esters is 6. The molecule has 30 fully saturated rings.